The maximum absolute atomic E-state index is 3.17. The first kappa shape index (κ1) is 10.1. The molecule has 0 fully saturated rings. The number of unbranched alkanes of at least 4 members (excludes halogenated alkanes) is 4. The summed E-state index contributed by atoms with van der Waals surface area (Å²) in [5.41, 5.74) is 0. The minimum absolute atomic E-state index is 0.560. The zero-order valence-corrected chi connectivity index (χ0v) is 8.66. The molecule has 0 aromatic heterocycles. The van der Waals surface area contributed by atoms with Crippen LogP contribution < -0.4 is 0 Å². The third-order valence-electron chi connectivity index (χ3n) is 1.33. The van der Waals surface area contributed by atoms with Gasteiger partial charge in [0.2, 0.25) is 0 Å². The first-order valence-electron chi connectivity index (χ1n) is 3.92. The van der Waals surface area contributed by atoms with E-state index in [-0.39, 0.29) is 0 Å². The van der Waals surface area contributed by atoms with Crippen molar-refractivity contribution < 1.29 is 0 Å². The first-order valence-corrected chi connectivity index (χ1v) is 6.49. The first-order chi connectivity index (χ1) is 4.91. The normalized spacial score (nSPS) is 8.60. The van der Waals surface area contributed by atoms with Gasteiger partial charge in [0.25, 0.3) is 0 Å². The van der Waals surface area contributed by atoms with Gasteiger partial charge in [0, 0.05) is 0 Å². The van der Waals surface area contributed by atoms with Gasteiger partial charge in [-0.05, 0) is 0 Å². The van der Waals surface area contributed by atoms with Gasteiger partial charge >= 0.3 is 70.5 Å². The molecule has 0 aliphatic rings. The van der Waals surface area contributed by atoms with Crippen molar-refractivity contribution in [2.45, 2.75) is 44.9 Å². The number of rotatable bonds is 4. The maximum atomic E-state index is 3.17. The Labute approximate surface area is 70.9 Å². The van der Waals surface area contributed by atoms with Crippen LogP contribution >= 0.6 is 0 Å². The van der Waals surface area contributed by atoms with Crippen molar-refractivity contribution in [1.29, 1.82) is 0 Å². The molecule has 0 heterocycles. The van der Waals surface area contributed by atoms with Crippen molar-refractivity contribution in [1.82, 2.24) is 0 Å². The molecule has 0 bridgehead atoms. The van der Waals surface area contributed by atoms with Crippen LogP contribution in [0.5, 0.6) is 0 Å². The molecule has 0 amide bonds. The molecule has 0 aliphatic heterocycles. The molecule has 0 aliphatic carbocycles. The van der Waals surface area contributed by atoms with Crippen LogP contribution in [0.4, 0.5) is 0 Å². The van der Waals surface area contributed by atoms with Gasteiger partial charge < -0.3 is 0 Å². The van der Waals surface area contributed by atoms with E-state index < -0.39 is 0 Å². The van der Waals surface area contributed by atoms with E-state index in [1.807, 2.05) is 0 Å². The summed E-state index contributed by atoms with van der Waals surface area (Å²) < 4.78 is 0. The Morgan fingerprint density at radius 2 is 2.00 bits per heavy atom. The van der Waals surface area contributed by atoms with Crippen LogP contribution in [0, 0.1) is 10.7 Å². The molecule has 10 heavy (non-hydrogen) atoms. The zero-order chi connectivity index (χ0) is 7.66. The fourth-order valence-electron chi connectivity index (χ4n) is 0.763. The molecule has 0 aromatic rings. The van der Waals surface area contributed by atoms with Crippen LogP contribution in [-0.4, -0.2) is 15.0 Å². The van der Waals surface area contributed by atoms with E-state index >= 15 is 0 Å². The Morgan fingerprint density at radius 1 is 1.20 bits per heavy atom. The standard InChI is InChI=1S/C9H16Se/c1-3-4-5-6-7-8-9-10-2/h3-7H2,1-2H3. The average molecular weight is 203 g/mol. The van der Waals surface area contributed by atoms with Gasteiger partial charge in [-0.2, -0.15) is 0 Å². The van der Waals surface area contributed by atoms with E-state index in [1.54, 1.807) is 0 Å². The Balaban J connectivity index is 2.90. The van der Waals surface area contributed by atoms with Crippen molar-refractivity contribution in [3.05, 3.63) is 0 Å². The van der Waals surface area contributed by atoms with Crippen LogP contribution in [-0.2, 0) is 0 Å². The SMILES string of the molecule is CCCCCCC#C[Se]C. The number of hydrogen-bond donors (Lipinski definition) is 0. The molecule has 0 saturated heterocycles. The average Bonchev–Trinajstić information content (AvgIpc) is 1.97. The Bertz CT molecular complexity index is 108. The summed E-state index contributed by atoms with van der Waals surface area (Å²) in [6, 6.07) is 0. The summed E-state index contributed by atoms with van der Waals surface area (Å²) >= 11 is 0.560. The summed E-state index contributed by atoms with van der Waals surface area (Å²) in [5.74, 6) is 5.33. The topological polar surface area (TPSA) is 0 Å². The Morgan fingerprint density at radius 3 is 2.60 bits per heavy atom. The molecule has 0 radical (unpaired) electrons. The van der Waals surface area contributed by atoms with Gasteiger partial charge in [-0.1, -0.05) is 0 Å². The fraction of sp³-hybridized carbons (Fsp3) is 0.778. The van der Waals surface area contributed by atoms with Gasteiger partial charge in [-0.15, -0.1) is 0 Å². The second-order valence-electron chi connectivity index (χ2n) is 2.29. The van der Waals surface area contributed by atoms with E-state index in [4.69, 9.17) is 0 Å². The summed E-state index contributed by atoms with van der Waals surface area (Å²) in [6.07, 6.45) is 6.48. The van der Waals surface area contributed by atoms with Gasteiger partial charge in [-0.3, -0.25) is 0 Å². The monoisotopic (exact) mass is 204 g/mol. The van der Waals surface area contributed by atoms with Crippen molar-refractivity contribution in [2.24, 2.45) is 0 Å². The van der Waals surface area contributed by atoms with Crippen molar-refractivity contribution >= 4 is 15.0 Å². The third kappa shape index (κ3) is 8.08. The zero-order valence-electron chi connectivity index (χ0n) is 6.94. The molecular weight excluding hydrogens is 187 g/mol. The minimum atomic E-state index is 0.560. The third-order valence-corrected chi connectivity index (χ3v) is 2.06. The van der Waals surface area contributed by atoms with E-state index in [1.165, 1.54) is 25.7 Å². The summed E-state index contributed by atoms with van der Waals surface area (Å²) in [7, 11) is 0. The molecule has 0 unspecified atom stereocenters. The number of hydrogen-bond acceptors (Lipinski definition) is 0. The molecule has 58 valence electrons. The predicted molar refractivity (Wildman–Crippen MR) is 48.2 cm³/mol. The van der Waals surface area contributed by atoms with Crippen molar-refractivity contribution in [2.75, 3.05) is 0 Å². The second kappa shape index (κ2) is 9.08. The Hall–Kier alpha value is 0.0795. The molecule has 0 nitrogen and oxygen atoms in total. The predicted octanol–water partition coefficient (Wildman–Crippen LogP) is 2.67. The van der Waals surface area contributed by atoms with Gasteiger partial charge in [0.05, 0.1) is 0 Å². The quantitative estimate of drug-likeness (QED) is 0.374. The van der Waals surface area contributed by atoms with Crippen LogP contribution in [0.15, 0.2) is 0 Å². The molecule has 0 saturated carbocycles. The molecular formula is C9H16Se. The van der Waals surface area contributed by atoms with Crippen LogP contribution in [0.3, 0.4) is 0 Å². The molecule has 1 heteroatoms. The van der Waals surface area contributed by atoms with Crippen LogP contribution in [0.25, 0.3) is 0 Å². The summed E-state index contributed by atoms with van der Waals surface area (Å²) in [4.78, 5) is 3.14. The summed E-state index contributed by atoms with van der Waals surface area (Å²) in [5, 5.41) is 0. The van der Waals surface area contributed by atoms with Crippen LogP contribution in [0.2, 0.25) is 5.82 Å². The van der Waals surface area contributed by atoms with E-state index in [2.05, 4.69) is 23.5 Å². The van der Waals surface area contributed by atoms with E-state index in [9.17, 15) is 0 Å². The van der Waals surface area contributed by atoms with Crippen molar-refractivity contribution in [3.8, 4) is 10.7 Å². The summed E-state index contributed by atoms with van der Waals surface area (Å²) in [6.45, 7) is 2.24. The van der Waals surface area contributed by atoms with E-state index in [0.717, 1.165) is 6.42 Å². The second-order valence-corrected chi connectivity index (χ2v) is 3.58. The fourth-order valence-corrected chi connectivity index (χ4v) is 1.28. The molecule has 0 rings (SSSR count). The molecule has 0 spiro atoms. The van der Waals surface area contributed by atoms with Gasteiger partial charge in [0.15, 0.2) is 0 Å². The molecule has 0 N–H and O–H groups in total. The van der Waals surface area contributed by atoms with Gasteiger partial charge in [-0.25, -0.2) is 0 Å². The Kier molecular flexibility index (Phi) is 9.15. The van der Waals surface area contributed by atoms with Gasteiger partial charge in [0.1, 0.15) is 0 Å². The molecule has 0 aromatic carbocycles. The van der Waals surface area contributed by atoms with E-state index in [0.29, 0.717) is 15.0 Å². The van der Waals surface area contributed by atoms with Crippen LogP contribution in [0.1, 0.15) is 39.0 Å². The molecule has 0 atom stereocenters. The van der Waals surface area contributed by atoms with Crippen molar-refractivity contribution in [3.63, 3.8) is 0 Å².